The molecule has 4 heteroatoms. The van der Waals surface area contributed by atoms with E-state index in [1.807, 2.05) is 0 Å². The molecule has 172 valence electrons. The Morgan fingerprint density at radius 3 is 2.23 bits per heavy atom. The molecule has 0 amide bonds. The van der Waals surface area contributed by atoms with Crippen LogP contribution in [-0.2, 0) is 4.74 Å². The molecule has 3 saturated carbocycles. The zero-order chi connectivity index (χ0) is 21.8. The Kier molecular flexibility index (Phi) is 7.68. The van der Waals surface area contributed by atoms with Crippen molar-refractivity contribution in [3.8, 4) is 5.75 Å². The SMILES string of the molecule is C=CCOc1ccc(C2CCC(C3CCC4CC(OCC)CCC4C3)CC2)c(F)c1F. The smallest absolute Gasteiger partial charge is 0.200 e. The summed E-state index contributed by atoms with van der Waals surface area (Å²) in [4.78, 5) is 0. The minimum absolute atomic E-state index is 0.0225. The van der Waals surface area contributed by atoms with Crippen LogP contribution < -0.4 is 4.74 Å². The lowest BCUT2D eigenvalue weighted by Crippen LogP contribution is -2.36. The monoisotopic (exact) mass is 432 g/mol. The molecule has 4 atom stereocenters. The van der Waals surface area contributed by atoms with E-state index < -0.39 is 11.6 Å². The fourth-order valence-electron chi connectivity index (χ4n) is 6.72. The van der Waals surface area contributed by atoms with Crippen LogP contribution in [0.25, 0.3) is 0 Å². The standard InChI is InChI=1S/C27H38F2O2/c1-3-15-31-25-14-13-24(26(28)27(25)29)19-7-5-18(6-8-19)20-9-10-22-17-23(30-4-2)12-11-21(22)16-20/h3,13-14,18-23H,1,4-12,15-17H2,2H3. The lowest BCUT2D eigenvalue weighted by molar-refractivity contribution is -0.0205. The van der Waals surface area contributed by atoms with E-state index in [9.17, 15) is 8.78 Å². The number of hydrogen-bond acceptors (Lipinski definition) is 2. The summed E-state index contributed by atoms with van der Waals surface area (Å²) in [6.45, 7) is 6.67. The van der Waals surface area contributed by atoms with Crippen molar-refractivity contribution in [2.75, 3.05) is 13.2 Å². The van der Waals surface area contributed by atoms with Gasteiger partial charge in [0.05, 0.1) is 6.10 Å². The summed E-state index contributed by atoms with van der Waals surface area (Å²) in [5.41, 5.74) is 0.528. The maximum absolute atomic E-state index is 14.7. The average Bonchev–Trinajstić information content (AvgIpc) is 2.80. The van der Waals surface area contributed by atoms with Crippen molar-refractivity contribution >= 4 is 0 Å². The van der Waals surface area contributed by atoms with Gasteiger partial charge in [-0.15, -0.1) is 0 Å². The van der Waals surface area contributed by atoms with E-state index in [4.69, 9.17) is 9.47 Å². The third-order valence-corrected chi connectivity index (χ3v) is 8.32. The van der Waals surface area contributed by atoms with Gasteiger partial charge in [0.2, 0.25) is 5.82 Å². The maximum atomic E-state index is 14.7. The number of hydrogen-bond donors (Lipinski definition) is 0. The van der Waals surface area contributed by atoms with E-state index in [1.165, 1.54) is 44.6 Å². The molecule has 0 bridgehead atoms. The molecule has 0 spiro atoms. The topological polar surface area (TPSA) is 18.5 Å². The summed E-state index contributed by atoms with van der Waals surface area (Å²) >= 11 is 0. The van der Waals surface area contributed by atoms with Gasteiger partial charge in [0.1, 0.15) is 6.61 Å². The van der Waals surface area contributed by atoms with Crippen molar-refractivity contribution in [1.29, 1.82) is 0 Å². The minimum atomic E-state index is -0.859. The first-order valence-corrected chi connectivity index (χ1v) is 12.4. The summed E-state index contributed by atoms with van der Waals surface area (Å²) in [5.74, 6) is 1.83. The molecule has 4 rings (SSSR count). The summed E-state index contributed by atoms with van der Waals surface area (Å²) in [5, 5.41) is 0. The van der Waals surface area contributed by atoms with Crippen LogP contribution in [0.2, 0.25) is 0 Å². The number of fused-ring (bicyclic) bond motifs is 1. The van der Waals surface area contributed by atoms with E-state index in [-0.39, 0.29) is 18.3 Å². The predicted octanol–water partition coefficient (Wildman–Crippen LogP) is 7.42. The summed E-state index contributed by atoms with van der Waals surface area (Å²) in [6.07, 6.45) is 14.1. The van der Waals surface area contributed by atoms with Crippen LogP contribution in [0.4, 0.5) is 8.78 Å². The lowest BCUT2D eigenvalue weighted by Gasteiger charge is -2.45. The van der Waals surface area contributed by atoms with Crippen molar-refractivity contribution in [1.82, 2.24) is 0 Å². The second-order valence-electron chi connectivity index (χ2n) is 9.98. The predicted molar refractivity (Wildman–Crippen MR) is 120 cm³/mol. The van der Waals surface area contributed by atoms with E-state index in [0.29, 0.717) is 11.7 Å². The Labute approximate surface area is 186 Å². The highest BCUT2D eigenvalue weighted by molar-refractivity contribution is 5.33. The molecule has 2 nitrogen and oxygen atoms in total. The molecule has 0 saturated heterocycles. The normalized spacial score (nSPS) is 33.5. The molecular weight excluding hydrogens is 394 g/mol. The van der Waals surface area contributed by atoms with Crippen molar-refractivity contribution in [3.63, 3.8) is 0 Å². The second-order valence-corrected chi connectivity index (χ2v) is 9.98. The molecule has 0 radical (unpaired) electrons. The largest absolute Gasteiger partial charge is 0.486 e. The molecule has 0 aliphatic heterocycles. The second kappa shape index (κ2) is 10.5. The van der Waals surface area contributed by atoms with Gasteiger partial charge >= 0.3 is 0 Å². The number of ether oxygens (including phenoxy) is 2. The van der Waals surface area contributed by atoms with Gasteiger partial charge in [-0.05, 0) is 112 Å². The summed E-state index contributed by atoms with van der Waals surface area (Å²) < 4.78 is 40.2. The number of rotatable bonds is 7. The van der Waals surface area contributed by atoms with Gasteiger partial charge in [-0.1, -0.05) is 18.7 Å². The molecule has 1 aromatic carbocycles. The van der Waals surface area contributed by atoms with Gasteiger partial charge in [-0.2, -0.15) is 4.39 Å². The minimum Gasteiger partial charge on any atom is -0.486 e. The van der Waals surface area contributed by atoms with E-state index in [1.54, 1.807) is 12.1 Å². The molecule has 3 fully saturated rings. The quantitative estimate of drug-likeness (QED) is 0.417. The lowest BCUT2D eigenvalue weighted by atomic mass is 9.62. The van der Waals surface area contributed by atoms with Crippen LogP contribution in [0.1, 0.15) is 82.6 Å². The van der Waals surface area contributed by atoms with Gasteiger partial charge in [-0.3, -0.25) is 0 Å². The third kappa shape index (κ3) is 5.16. The first-order chi connectivity index (χ1) is 15.1. The Bertz CT molecular complexity index is 741. The number of benzene rings is 1. The molecule has 1 aromatic rings. The molecule has 31 heavy (non-hydrogen) atoms. The van der Waals surface area contributed by atoms with Crippen molar-refractivity contribution in [2.24, 2.45) is 23.7 Å². The van der Waals surface area contributed by atoms with Crippen molar-refractivity contribution in [2.45, 2.75) is 83.2 Å². The third-order valence-electron chi connectivity index (χ3n) is 8.32. The van der Waals surface area contributed by atoms with Gasteiger partial charge in [0, 0.05) is 6.61 Å². The van der Waals surface area contributed by atoms with Gasteiger partial charge in [-0.25, -0.2) is 4.39 Å². The Morgan fingerprint density at radius 1 is 0.871 bits per heavy atom. The van der Waals surface area contributed by atoms with Crippen LogP contribution >= 0.6 is 0 Å². The molecule has 0 aromatic heterocycles. The maximum Gasteiger partial charge on any atom is 0.200 e. The molecular formula is C27H38F2O2. The zero-order valence-electron chi connectivity index (χ0n) is 19.0. The molecule has 3 aliphatic rings. The first kappa shape index (κ1) is 22.8. The van der Waals surface area contributed by atoms with Crippen LogP contribution in [0.15, 0.2) is 24.8 Å². The molecule has 4 unspecified atom stereocenters. The highest BCUT2D eigenvalue weighted by Crippen LogP contribution is 2.49. The van der Waals surface area contributed by atoms with Crippen LogP contribution in [0, 0.1) is 35.3 Å². The molecule has 3 aliphatic carbocycles. The molecule has 0 heterocycles. The van der Waals surface area contributed by atoms with Crippen molar-refractivity contribution < 1.29 is 18.3 Å². The Balaban J connectivity index is 1.30. The van der Waals surface area contributed by atoms with E-state index in [2.05, 4.69) is 13.5 Å². The first-order valence-electron chi connectivity index (χ1n) is 12.4. The summed E-state index contributed by atoms with van der Waals surface area (Å²) in [7, 11) is 0. The highest BCUT2D eigenvalue weighted by Gasteiger charge is 2.39. The van der Waals surface area contributed by atoms with E-state index in [0.717, 1.165) is 56.0 Å². The van der Waals surface area contributed by atoms with Crippen molar-refractivity contribution in [3.05, 3.63) is 42.0 Å². The average molecular weight is 433 g/mol. The Hall–Kier alpha value is -1.42. The van der Waals surface area contributed by atoms with Crippen LogP contribution in [0.3, 0.4) is 0 Å². The fourth-order valence-corrected chi connectivity index (χ4v) is 6.72. The summed E-state index contributed by atoms with van der Waals surface area (Å²) in [6, 6.07) is 3.30. The van der Waals surface area contributed by atoms with Crippen LogP contribution in [-0.4, -0.2) is 19.3 Å². The molecule has 0 N–H and O–H groups in total. The van der Waals surface area contributed by atoms with E-state index >= 15 is 0 Å². The van der Waals surface area contributed by atoms with Gasteiger partial charge in [0.15, 0.2) is 11.6 Å². The fraction of sp³-hybridized carbons (Fsp3) is 0.704. The zero-order valence-corrected chi connectivity index (χ0v) is 19.0. The van der Waals surface area contributed by atoms with Crippen LogP contribution in [0.5, 0.6) is 5.75 Å². The number of halogens is 2. The van der Waals surface area contributed by atoms with Gasteiger partial charge < -0.3 is 9.47 Å². The highest BCUT2D eigenvalue weighted by atomic mass is 19.2. The van der Waals surface area contributed by atoms with Gasteiger partial charge in [0.25, 0.3) is 0 Å². The Morgan fingerprint density at radius 2 is 1.52 bits per heavy atom.